The highest BCUT2D eigenvalue weighted by Gasteiger charge is 2.31. The topological polar surface area (TPSA) is 46.5 Å². The molecule has 33 heavy (non-hydrogen) atoms. The molecule has 0 aliphatic carbocycles. The van der Waals surface area contributed by atoms with E-state index in [4.69, 9.17) is 9.84 Å². The maximum Gasteiger partial charge on any atom is 0.341 e. The molecule has 0 aromatic heterocycles. The lowest BCUT2D eigenvalue weighted by molar-refractivity contribution is -0.139. The number of carbonyl (C=O) groups is 1. The fourth-order valence-corrected chi connectivity index (χ4v) is 4.75. The van der Waals surface area contributed by atoms with E-state index >= 15 is 0 Å². The van der Waals surface area contributed by atoms with Crippen molar-refractivity contribution in [2.45, 2.75) is 10.8 Å². The third kappa shape index (κ3) is 7.01. The summed E-state index contributed by atoms with van der Waals surface area (Å²) in [6.45, 7) is -2.16. The van der Waals surface area contributed by atoms with Crippen LogP contribution in [0.25, 0.3) is 5.57 Å². The van der Waals surface area contributed by atoms with E-state index in [1.807, 2.05) is 48.5 Å². The van der Waals surface area contributed by atoms with Crippen LogP contribution >= 0.6 is 34.4 Å². The molecule has 0 amide bonds. The van der Waals surface area contributed by atoms with Gasteiger partial charge in [-0.1, -0.05) is 54.6 Å². The molecular weight excluding hydrogens is 564 g/mol. The molecule has 0 saturated carbocycles. The molecule has 0 unspecified atom stereocenters. The number of aliphatic carboxylic acids is 1. The van der Waals surface area contributed by atoms with Crippen LogP contribution in [0, 0.1) is 3.57 Å². The lowest BCUT2D eigenvalue weighted by Crippen LogP contribution is -2.15. The van der Waals surface area contributed by atoms with Crippen molar-refractivity contribution in [2.24, 2.45) is 0 Å². The first kappa shape index (κ1) is 25.2. The predicted octanol–water partition coefficient (Wildman–Crippen LogP) is 7.04. The number of halogens is 4. The zero-order chi connectivity index (χ0) is 23.8. The van der Waals surface area contributed by atoms with Gasteiger partial charge in [0.25, 0.3) is 0 Å². The van der Waals surface area contributed by atoms with Crippen LogP contribution in [0.5, 0.6) is 5.75 Å². The Hall–Kier alpha value is -2.46. The number of hydrogen-bond donors (Lipinski definition) is 1. The number of rotatable bonds is 10. The largest absolute Gasteiger partial charge is 0.481 e. The summed E-state index contributed by atoms with van der Waals surface area (Å²) in [6.07, 6.45) is 1.95. The van der Waals surface area contributed by atoms with Gasteiger partial charge in [-0.3, -0.25) is 0 Å². The molecule has 8 heteroatoms. The van der Waals surface area contributed by atoms with Crippen molar-refractivity contribution in [3.05, 3.63) is 99.1 Å². The summed E-state index contributed by atoms with van der Waals surface area (Å²) in [5, 5.41) is 8.75. The second-order valence-corrected chi connectivity index (χ2v) is 9.24. The molecule has 3 nitrogen and oxygen atoms in total. The Morgan fingerprint density at radius 3 is 2.42 bits per heavy atom. The first-order valence-corrected chi connectivity index (χ1v) is 11.9. The van der Waals surface area contributed by atoms with Crippen molar-refractivity contribution in [3.8, 4) is 5.75 Å². The fourth-order valence-electron chi connectivity index (χ4n) is 3.06. The van der Waals surface area contributed by atoms with Gasteiger partial charge in [-0.25, -0.2) is 9.18 Å². The Bertz CT molecular complexity index is 1140. The van der Waals surface area contributed by atoms with Gasteiger partial charge in [-0.15, -0.1) is 11.8 Å². The van der Waals surface area contributed by atoms with Gasteiger partial charge in [-0.05, 0) is 63.6 Å². The van der Waals surface area contributed by atoms with Crippen LogP contribution in [0.15, 0.2) is 83.8 Å². The summed E-state index contributed by atoms with van der Waals surface area (Å²) in [7, 11) is 0. The highest BCUT2D eigenvalue weighted by molar-refractivity contribution is 14.1. The van der Waals surface area contributed by atoms with E-state index in [0.29, 0.717) is 17.1 Å². The average Bonchev–Trinajstić information content (AvgIpc) is 2.82. The second-order valence-electron chi connectivity index (χ2n) is 6.99. The quantitative estimate of drug-likeness (QED) is 0.205. The van der Waals surface area contributed by atoms with Gasteiger partial charge in [0, 0.05) is 16.2 Å². The number of carboxylic acids is 1. The summed E-state index contributed by atoms with van der Waals surface area (Å²) < 4.78 is 46.7. The third-order valence-electron chi connectivity index (χ3n) is 4.64. The first-order chi connectivity index (χ1) is 15.8. The van der Waals surface area contributed by atoms with Gasteiger partial charge < -0.3 is 9.84 Å². The molecule has 0 spiro atoms. The van der Waals surface area contributed by atoms with Crippen molar-refractivity contribution < 1.29 is 27.8 Å². The molecule has 3 aromatic carbocycles. The second kappa shape index (κ2) is 11.6. The standard InChI is InChI=1S/C25H20F3IO3S/c26-16-25(27,28)19-8-4-7-18(13-19)21(17-5-2-1-3-6-17)11-12-33-20-9-10-23(22(29)14-20)32-15-24(30)31/h1-11,13-14H,12,15-16H2,(H,30,31)/b21-11-. The molecule has 0 heterocycles. The Labute approximate surface area is 207 Å². The molecule has 0 aliphatic rings. The Morgan fingerprint density at radius 2 is 1.76 bits per heavy atom. The summed E-state index contributed by atoms with van der Waals surface area (Å²) in [4.78, 5) is 11.6. The van der Waals surface area contributed by atoms with Crippen molar-refractivity contribution in [1.82, 2.24) is 0 Å². The van der Waals surface area contributed by atoms with Crippen LogP contribution < -0.4 is 4.74 Å². The fraction of sp³-hybridized carbons (Fsp3) is 0.160. The van der Waals surface area contributed by atoms with Crippen LogP contribution in [0.1, 0.15) is 16.7 Å². The van der Waals surface area contributed by atoms with Crippen LogP contribution in [0.4, 0.5) is 13.2 Å². The number of hydrogen-bond acceptors (Lipinski definition) is 3. The number of benzene rings is 3. The summed E-state index contributed by atoms with van der Waals surface area (Å²) in [5.41, 5.74) is 1.87. The van der Waals surface area contributed by atoms with Gasteiger partial charge >= 0.3 is 11.9 Å². The number of thioether (sulfide) groups is 1. The van der Waals surface area contributed by atoms with E-state index in [0.717, 1.165) is 19.6 Å². The number of carboxylic acid groups (broad SMARTS) is 1. The summed E-state index contributed by atoms with van der Waals surface area (Å²) in [5.74, 6) is -3.53. The lowest BCUT2D eigenvalue weighted by Gasteiger charge is -2.15. The maximum atomic E-state index is 13.9. The lowest BCUT2D eigenvalue weighted by atomic mass is 9.95. The van der Waals surface area contributed by atoms with E-state index in [-0.39, 0.29) is 5.56 Å². The van der Waals surface area contributed by atoms with Crippen LogP contribution in [-0.4, -0.2) is 30.1 Å². The predicted molar refractivity (Wildman–Crippen MR) is 133 cm³/mol. The normalized spacial score (nSPS) is 11.9. The minimum atomic E-state index is -3.53. The number of alkyl halides is 3. The SMILES string of the molecule is O=C(O)COc1ccc(SC/C=C(/c2ccccc2)c2cccc(C(F)(F)CF)c2)cc1I. The van der Waals surface area contributed by atoms with Crippen LogP contribution in [0.2, 0.25) is 0 Å². The molecule has 0 bridgehead atoms. The third-order valence-corrected chi connectivity index (χ3v) is 6.40. The van der Waals surface area contributed by atoms with E-state index in [9.17, 15) is 18.0 Å². The van der Waals surface area contributed by atoms with E-state index in [1.165, 1.54) is 30.0 Å². The zero-order valence-corrected chi connectivity index (χ0v) is 20.3. The summed E-state index contributed by atoms with van der Waals surface area (Å²) >= 11 is 3.62. The molecule has 0 atom stereocenters. The Kier molecular flexibility index (Phi) is 8.85. The van der Waals surface area contributed by atoms with Gasteiger partial charge in [0.15, 0.2) is 13.3 Å². The Morgan fingerprint density at radius 1 is 1.03 bits per heavy atom. The highest BCUT2D eigenvalue weighted by atomic mass is 127. The Balaban J connectivity index is 1.83. The maximum absolute atomic E-state index is 13.9. The number of ether oxygens (including phenoxy) is 1. The average molecular weight is 584 g/mol. The van der Waals surface area contributed by atoms with Gasteiger partial charge in [0.2, 0.25) is 0 Å². The smallest absolute Gasteiger partial charge is 0.341 e. The van der Waals surface area contributed by atoms with Crippen molar-refractivity contribution >= 4 is 45.9 Å². The van der Waals surface area contributed by atoms with Gasteiger partial charge in [-0.2, -0.15) is 8.78 Å². The van der Waals surface area contributed by atoms with Gasteiger partial charge in [0.1, 0.15) is 5.75 Å². The minimum absolute atomic E-state index is 0.358. The molecule has 1 N–H and O–H groups in total. The highest BCUT2D eigenvalue weighted by Crippen LogP contribution is 2.33. The first-order valence-electron chi connectivity index (χ1n) is 9.87. The molecule has 0 radical (unpaired) electrons. The van der Waals surface area contributed by atoms with Crippen LogP contribution in [-0.2, 0) is 10.7 Å². The van der Waals surface area contributed by atoms with E-state index in [2.05, 4.69) is 22.6 Å². The molecule has 0 saturated heterocycles. The van der Waals surface area contributed by atoms with Crippen molar-refractivity contribution in [3.63, 3.8) is 0 Å². The molecule has 0 fully saturated rings. The monoisotopic (exact) mass is 584 g/mol. The summed E-state index contributed by atoms with van der Waals surface area (Å²) in [6, 6.07) is 20.7. The molecule has 3 aromatic rings. The molecular formula is C25H20F3IO3S. The minimum Gasteiger partial charge on any atom is -0.481 e. The van der Waals surface area contributed by atoms with Gasteiger partial charge in [0.05, 0.1) is 3.57 Å². The molecule has 0 aliphatic heterocycles. The van der Waals surface area contributed by atoms with Crippen molar-refractivity contribution in [2.75, 3.05) is 19.0 Å². The molecule has 3 rings (SSSR count). The van der Waals surface area contributed by atoms with E-state index < -0.39 is 25.2 Å². The zero-order valence-electron chi connectivity index (χ0n) is 17.3. The van der Waals surface area contributed by atoms with Crippen LogP contribution in [0.3, 0.4) is 0 Å². The van der Waals surface area contributed by atoms with Crippen molar-refractivity contribution in [1.29, 1.82) is 0 Å². The van der Waals surface area contributed by atoms with E-state index in [1.54, 1.807) is 12.1 Å². The molecule has 172 valence electrons.